The fourth-order valence-electron chi connectivity index (χ4n) is 3.97. The first-order valence-corrected chi connectivity index (χ1v) is 12.4. The zero-order chi connectivity index (χ0) is 21.9. The molecule has 0 aliphatic carbocycles. The van der Waals surface area contributed by atoms with Gasteiger partial charge in [0.1, 0.15) is 21.0 Å². The van der Waals surface area contributed by atoms with Crippen LogP contribution in [0.25, 0.3) is 20.4 Å². The molecule has 2 N–H and O–H groups in total. The normalized spacial score (nSPS) is 15.3. The van der Waals surface area contributed by atoms with E-state index in [-0.39, 0.29) is 11.1 Å². The summed E-state index contributed by atoms with van der Waals surface area (Å²) in [7, 11) is 0. The Balaban J connectivity index is 1.35. The molecule has 0 saturated carbocycles. The molecule has 0 atom stereocenters. The molecule has 0 spiro atoms. The van der Waals surface area contributed by atoms with E-state index in [4.69, 9.17) is 4.74 Å². The third kappa shape index (κ3) is 4.81. The average Bonchev–Trinajstić information content (AvgIpc) is 3.44. The molecular formula is C21H24N6O3S2. The molecular weight excluding hydrogens is 448 g/mol. The van der Waals surface area contributed by atoms with E-state index in [1.165, 1.54) is 22.7 Å². The minimum absolute atomic E-state index is 0.112. The molecule has 0 radical (unpaired) electrons. The number of aromatic nitrogens is 4. The lowest BCUT2D eigenvalue weighted by molar-refractivity contribution is 0.0358. The number of nitrogens with zero attached hydrogens (tertiary/aromatic N) is 4. The number of aromatic amines is 2. The number of ether oxygens (including phenoxy) is 1. The molecule has 32 heavy (non-hydrogen) atoms. The van der Waals surface area contributed by atoms with Crippen LogP contribution in [0.15, 0.2) is 32.5 Å². The second kappa shape index (κ2) is 9.59. The fraction of sp³-hybridized carbons (Fsp3) is 0.429. The van der Waals surface area contributed by atoms with Gasteiger partial charge in [0.2, 0.25) is 0 Å². The van der Waals surface area contributed by atoms with Crippen molar-refractivity contribution in [3.05, 3.63) is 55.2 Å². The number of morpholine rings is 1. The minimum atomic E-state index is -0.112. The van der Waals surface area contributed by atoms with Crippen LogP contribution in [0.4, 0.5) is 0 Å². The standard InChI is InChI=1S/C21H24N6O3S2/c28-20-18-14(2-10-31-18)22-16(24-20)12-27(5-1-4-26-6-8-30-9-7-26)13-17-23-15-3-11-32-19(15)21(29)25-17/h2-3,10-11H,1,4-9,12-13H2,(H,22,24,28)(H,23,25,29). The van der Waals surface area contributed by atoms with Gasteiger partial charge in [-0.2, -0.15) is 0 Å². The number of hydrogen-bond acceptors (Lipinski definition) is 9. The lowest BCUT2D eigenvalue weighted by Crippen LogP contribution is -2.38. The molecule has 0 amide bonds. The van der Waals surface area contributed by atoms with Crippen molar-refractivity contribution in [2.24, 2.45) is 0 Å². The second-order valence-electron chi connectivity index (χ2n) is 7.81. The molecule has 5 rings (SSSR count). The van der Waals surface area contributed by atoms with Gasteiger partial charge in [0, 0.05) is 19.6 Å². The topological polar surface area (TPSA) is 107 Å². The molecule has 5 heterocycles. The summed E-state index contributed by atoms with van der Waals surface area (Å²) in [6.07, 6.45) is 0.954. The van der Waals surface area contributed by atoms with Crippen LogP contribution in [-0.2, 0) is 17.8 Å². The summed E-state index contributed by atoms with van der Waals surface area (Å²) >= 11 is 2.79. The molecule has 1 saturated heterocycles. The smallest absolute Gasteiger partial charge is 0.268 e. The van der Waals surface area contributed by atoms with Gasteiger partial charge in [0.15, 0.2) is 0 Å². The Hall–Kier alpha value is -2.44. The van der Waals surface area contributed by atoms with E-state index in [9.17, 15) is 9.59 Å². The van der Waals surface area contributed by atoms with Gasteiger partial charge in [0.25, 0.3) is 11.1 Å². The molecule has 1 aliphatic heterocycles. The Labute approximate surface area is 191 Å². The number of fused-ring (bicyclic) bond motifs is 2. The van der Waals surface area contributed by atoms with E-state index in [1.807, 2.05) is 22.9 Å². The number of thiophene rings is 2. The minimum Gasteiger partial charge on any atom is -0.379 e. The number of H-pyrrole nitrogens is 2. The van der Waals surface area contributed by atoms with Crippen LogP contribution >= 0.6 is 22.7 Å². The van der Waals surface area contributed by atoms with Gasteiger partial charge in [-0.05, 0) is 35.9 Å². The van der Waals surface area contributed by atoms with Crippen LogP contribution in [0.1, 0.15) is 18.1 Å². The highest BCUT2D eigenvalue weighted by Gasteiger charge is 2.15. The molecule has 168 valence electrons. The summed E-state index contributed by atoms with van der Waals surface area (Å²) in [6, 6.07) is 3.73. The van der Waals surface area contributed by atoms with E-state index >= 15 is 0 Å². The van der Waals surface area contributed by atoms with E-state index in [2.05, 4.69) is 29.7 Å². The number of nitrogens with one attached hydrogen (secondary N) is 2. The molecule has 0 unspecified atom stereocenters. The molecule has 1 fully saturated rings. The molecule has 4 aromatic heterocycles. The van der Waals surface area contributed by atoms with Crippen molar-refractivity contribution in [2.45, 2.75) is 19.5 Å². The highest BCUT2D eigenvalue weighted by molar-refractivity contribution is 7.17. The van der Waals surface area contributed by atoms with Gasteiger partial charge < -0.3 is 14.7 Å². The maximum atomic E-state index is 12.4. The molecule has 0 aromatic carbocycles. The predicted octanol–water partition coefficient (Wildman–Crippen LogP) is 2.01. The summed E-state index contributed by atoms with van der Waals surface area (Å²) in [5, 5.41) is 3.75. The van der Waals surface area contributed by atoms with Crippen molar-refractivity contribution in [3.8, 4) is 0 Å². The van der Waals surface area contributed by atoms with E-state index in [0.29, 0.717) is 45.2 Å². The lowest BCUT2D eigenvalue weighted by atomic mass is 10.3. The van der Waals surface area contributed by atoms with Crippen molar-refractivity contribution in [1.82, 2.24) is 29.7 Å². The Bertz CT molecular complexity index is 1230. The SMILES string of the molecule is O=c1[nH]c(CN(CCCN2CCOCC2)Cc2nc3ccsc3c(=O)[nH]2)nc2ccsc12. The van der Waals surface area contributed by atoms with Gasteiger partial charge in [0.05, 0.1) is 37.3 Å². The van der Waals surface area contributed by atoms with Crippen molar-refractivity contribution in [1.29, 1.82) is 0 Å². The maximum Gasteiger partial charge on any atom is 0.268 e. The van der Waals surface area contributed by atoms with Crippen LogP contribution in [-0.4, -0.2) is 69.1 Å². The summed E-state index contributed by atoms with van der Waals surface area (Å²) in [6.45, 7) is 6.16. The van der Waals surface area contributed by atoms with E-state index in [1.54, 1.807) is 0 Å². The summed E-state index contributed by atoms with van der Waals surface area (Å²) in [4.78, 5) is 44.5. The first-order valence-electron chi connectivity index (χ1n) is 10.6. The van der Waals surface area contributed by atoms with Crippen molar-refractivity contribution < 1.29 is 4.74 Å². The summed E-state index contributed by atoms with van der Waals surface area (Å²) in [5.74, 6) is 1.23. The highest BCUT2D eigenvalue weighted by atomic mass is 32.1. The van der Waals surface area contributed by atoms with Gasteiger partial charge >= 0.3 is 0 Å². The van der Waals surface area contributed by atoms with Crippen molar-refractivity contribution >= 4 is 43.1 Å². The Morgan fingerprint density at radius 1 is 0.938 bits per heavy atom. The van der Waals surface area contributed by atoms with Crippen LogP contribution in [0.2, 0.25) is 0 Å². The summed E-state index contributed by atoms with van der Waals surface area (Å²) in [5.41, 5.74) is 1.21. The first-order chi connectivity index (χ1) is 15.7. The molecule has 4 aromatic rings. The zero-order valence-corrected chi connectivity index (χ0v) is 19.1. The summed E-state index contributed by atoms with van der Waals surface area (Å²) < 4.78 is 6.71. The van der Waals surface area contributed by atoms with E-state index < -0.39 is 0 Å². The van der Waals surface area contributed by atoms with Crippen LogP contribution in [0, 0.1) is 0 Å². The van der Waals surface area contributed by atoms with Gasteiger partial charge in [-0.25, -0.2) is 9.97 Å². The second-order valence-corrected chi connectivity index (χ2v) is 9.65. The van der Waals surface area contributed by atoms with Crippen LogP contribution in [0.3, 0.4) is 0 Å². The molecule has 11 heteroatoms. The zero-order valence-electron chi connectivity index (χ0n) is 17.5. The third-order valence-corrected chi connectivity index (χ3v) is 7.33. The monoisotopic (exact) mass is 472 g/mol. The van der Waals surface area contributed by atoms with Crippen molar-refractivity contribution in [3.63, 3.8) is 0 Å². The quantitative estimate of drug-likeness (QED) is 0.404. The first kappa shape index (κ1) is 21.4. The molecule has 1 aliphatic rings. The van der Waals surface area contributed by atoms with Crippen LogP contribution in [0.5, 0.6) is 0 Å². The fourth-order valence-corrected chi connectivity index (χ4v) is 5.42. The Kier molecular flexibility index (Phi) is 6.42. The van der Waals surface area contributed by atoms with Crippen molar-refractivity contribution in [2.75, 3.05) is 39.4 Å². The largest absolute Gasteiger partial charge is 0.379 e. The highest BCUT2D eigenvalue weighted by Crippen LogP contribution is 2.16. The van der Waals surface area contributed by atoms with Crippen LogP contribution < -0.4 is 11.1 Å². The third-order valence-electron chi connectivity index (χ3n) is 5.53. The van der Waals surface area contributed by atoms with Gasteiger partial charge in [-0.1, -0.05) is 0 Å². The van der Waals surface area contributed by atoms with E-state index in [0.717, 1.165) is 45.8 Å². The Morgan fingerprint density at radius 2 is 1.50 bits per heavy atom. The predicted molar refractivity (Wildman–Crippen MR) is 126 cm³/mol. The molecule has 9 nitrogen and oxygen atoms in total. The van der Waals surface area contributed by atoms with Gasteiger partial charge in [-0.3, -0.25) is 19.4 Å². The number of rotatable bonds is 8. The Morgan fingerprint density at radius 3 is 2.06 bits per heavy atom. The average molecular weight is 473 g/mol. The number of hydrogen-bond donors (Lipinski definition) is 2. The molecule has 0 bridgehead atoms. The lowest BCUT2D eigenvalue weighted by Gasteiger charge is -2.28. The maximum absolute atomic E-state index is 12.4. The van der Waals surface area contributed by atoms with Gasteiger partial charge in [-0.15, -0.1) is 22.7 Å².